The number of anilines is 1. The molecule has 1 aromatic rings. The quantitative estimate of drug-likeness (QED) is 0.857. The van der Waals surface area contributed by atoms with Gasteiger partial charge in [-0.05, 0) is 13.0 Å². The summed E-state index contributed by atoms with van der Waals surface area (Å²) in [4.78, 5) is 10.6. The number of aromatic nitrogens is 2. The van der Waals surface area contributed by atoms with Gasteiger partial charge < -0.3 is 10.0 Å². The van der Waals surface area contributed by atoms with Crippen LogP contribution in [0.15, 0.2) is 6.07 Å². The Hall–Kier alpha value is -1.12. The molecule has 118 valence electrons. The largest absolute Gasteiger partial charge is 0.451 e. The van der Waals surface area contributed by atoms with Crippen LogP contribution in [-0.4, -0.2) is 59.3 Å². The van der Waals surface area contributed by atoms with E-state index in [9.17, 15) is 13.2 Å². The van der Waals surface area contributed by atoms with Crippen molar-refractivity contribution in [1.82, 2.24) is 14.9 Å². The van der Waals surface area contributed by atoms with Crippen molar-refractivity contribution in [3.05, 3.63) is 17.0 Å². The van der Waals surface area contributed by atoms with Crippen molar-refractivity contribution in [1.29, 1.82) is 0 Å². The molecular weight excluding hydrogens is 309 g/mol. The summed E-state index contributed by atoms with van der Waals surface area (Å²) in [5.74, 6) is -1.03. The Morgan fingerprint density at radius 3 is 2.62 bits per heavy atom. The average molecular weight is 325 g/mol. The van der Waals surface area contributed by atoms with Crippen molar-refractivity contribution in [2.24, 2.45) is 0 Å². The zero-order valence-electron chi connectivity index (χ0n) is 11.3. The Labute approximate surface area is 125 Å². The number of aliphatic hydroxyl groups is 1. The Kier molecular flexibility index (Phi) is 5.23. The van der Waals surface area contributed by atoms with Gasteiger partial charge in [0.15, 0.2) is 0 Å². The second-order valence-corrected chi connectivity index (χ2v) is 5.16. The van der Waals surface area contributed by atoms with Crippen LogP contribution < -0.4 is 4.90 Å². The summed E-state index contributed by atoms with van der Waals surface area (Å²) in [6.07, 6.45) is -3.84. The summed E-state index contributed by atoms with van der Waals surface area (Å²) in [6.45, 7) is 3.20. The van der Waals surface area contributed by atoms with Crippen LogP contribution >= 0.6 is 11.6 Å². The third-order valence-corrected chi connectivity index (χ3v) is 3.46. The number of nitrogens with zero attached hydrogens (tertiary/aromatic N) is 4. The number of aliphatic hydroxyl groups excluding tert-OH is 1. The highest BCUT2D eigenvalue weighted by atomic mass is 35.5. The van der Waals surface area contributed by atoms with E-state index in [0.717, 1.165) is 13.0 Å². The smallest absolute Gasteiger partial charge is 0.395 e. The van der Waals surface area contributed by atoms with E-state index >= 15 is 0 Å². The molecule has 1 aromatic heterocycles. The van der Waals surface area contributed by atoms with E-state index in [1.165, 1.54) is 6.07 Å². The van der Waals surface area contributed by atoms with Crippen LogP contribution in [-0.2, 0) is 6.18 Å². The first-order valence-electron chi connectivity index (χ1n) is 6.60. The third-order valence-electron chi connectivity index (χ3n) is 3.26. The normalized spacial score (nSPS) is 17.9. The number of hydrogen-bond acceptors (Lipinski definition) is 5. The topological polar surface area (TPSA) is 52.5 Å². The van der Waals surface area contributed by atoms with E-state index < -0.39 is 12.0 Å². The predicted octanol–water partition coefficient (Wildman–Crippen LogP) is 1.65. The Bertz CT molecular complexity index is 486. The fourth-order valence-corrected chi connectivity index (χ4v) is 2.44. The van der Waals surface area contributed by atoms with Gasteiger partial charge in [-0.1, -0.05) is 11.6 Å². The number of rotatable bonds is 3. The first-order chi connectivity index (χ1) is 9.90. The molecule has 0 radical (unpaired) electrons. The number of β-amino-alcohol motifs (C(OH)–C–C–N with tert-alkyl or cyclic N) is 1. The molecule has 0 bridgehead atoms. The molecule has 1 aliphatic rings. The minimum absolute atomic E-state index is 0.0670. The zero-order valence-corrected chi connectivity index (χ0v) is 12.0. The maximum atomic E-state index is 12.7. The van der Waals surface area contributed by atoms with Crippen LogP contribution in [0.5, 0.6) is 0 Å². The molecule has 0 saturated carbocycles. The Morgan fingerprint density at radius 1 is 1.19 bits per heavy atom. The van der Waals surface area contributed by atoms with Crippen LogP contribution in [0.25, 0.3) is 0 Å². The first-order valence-corrected chi connectivity index (χ1v) is 6.98. The van der Waals surface area contributed by atoms with Crippen LogP contribution in [0.4, 0.5) is 19.0 Å². The summed E-state index contributed by atoms with van der Waals surface area (Å²) in [5.41, 5.74) is 0. The molecule has 1 N–H and O–H groups in total. The van der Waals surface area contributed by atoms with E-state index in [-0.39, 0.29) is 17.6 Å². The first kappa shape index (κ1) is 16.3. The molecule has 2 heterocycles. The second-order valence-electron chi connectivity index (χ2n) is 4.78. The summed E-state index contributed by atoms with van der Waals surface area (Å²) in [7, 11) is 0. The zero-order chi connectivity index (χ0) is 15.5. The minimum atomic E-state index is -4.62. The molecule has 0 spiro atoms. The highest BCUT2D eigenvalue weighted by Gasteiger charge is 2.35. The maximum Gasteiger partial charge on any atom is 0.451 e. The van der Waals surface area contributed by atoms with Crippen LogP contribution in [0.3, 0.4) is 0 Å². The van der Waals surface area contributed by atoms with Gasteiger partial charge in [0.25, 0.3) is 0 Å². The third kappa shape index (κ3) is 4.42. The summed E-state index contributed by atoms with van der Waals surface area (Å²) >= 11 is 5.67. The van der Waals surface area contributed by atoms with Crippen molar-refractivity contribution in [2.45, 2.75) is 12.6 Å². The standard InChI is InChI=1S/C12H16ClF3N4O/c13-9-8-10(18-11(17-9)12(14,15)16)20-3-1-2-19(4-5-20)6-7-21/h8,21H,1-7H2. The number of hydrogen-bond donors (Lipinski definition) is 1. The molecule has 0 amide bonds. The fourth-order valence-electron chi connectivity index (χ4n) is 2.26. The molecule has 21 heavy (non-hydrogen) atoms. The molecular formula is C12H16ClF3N4O. The molecule has 1 saturated heterocycles. The van der Waals surface area contributed by atoms with Gasteiger partial charge in [-0.2, -0.15) is 13.2 Å². The number of alkyl halides is 3. The minimum Gasteiger partial charge on any atom is -0.395 e. The van der Waals surface area contributed by atoms with Crippen molar-refractivity contribution in [3.8, 4) is 0 Å². The lowest BCUT2D eigenvalue weighted by Gasteiger charge is -2.23. The lowest BCUT2D eigenvalue weighted by atomic mass is 10.3. The van der Waals surface area contributed by atoms with Crippen LogP contribution in [0, 0.1) is 0 Å². The fraction of sp³-hybridized carbons (Fsp3) is 0.667. The number of halogens is 4. The molecule has 5 nitrogen and oxygen atoms in total. The van der Waals surface area contributed by atoms with Gasteiger partial charge in [-0.3, -0.25) is 4.90 Å². The van der Waals surface area contributed by atoms with E-state index in [0.29, 0.717) is 26.2 Å². The molecule has 1 fully saturated rings. The van der Waals surface area contributed by atoms with Gasteiger partial charge in [0.2, 0.25) is 5.82 Å². The van der Waals surface area contributed by atoms with Gasteiger partial charge in [0.1, 0.15) is 11.0 Å². The summed E-state index contributed by atoms with van der Waals surface area (Å²) < 4.78 is 38.2. The van der Waals surface area contributed by atoms with Crippen molar-refractivity contribution in [2.75, 3.05) is 44.2 Å². The van der Waals surface area contributed by atoms with Gasteiger partial charge >= 0.3 is 6.18 Å². The molecule has 0 atom stereocenters. The highest BCUT2D eigenvalue weighted by Crippen LogP contribution is 2.29. The maximum absolute atomic E-state index is 12.7. The molecule has 0 unspecified atom stereocenters. The monoisotopic (exact) mass is 324 g/mol. The summed E-state index contributed by atoms with van der Waals surface area (Å²) in [5, 5.41) is 8.72. The highest BCUT2D eigenvalue weighted by molar-refractivity contribution is 6.29. The van der Waals surface area contributed by atoms with E-state index in [1.54, 1.807) is 4.90 Å². The van der Waals surface area contributed by atoms with E-state index in [4.69, 9.17) is 16.7 Å². The molecule has 1 aliphatic heterocycles. The summed E-state index contributed by atoms with van der Waals surface area (Å²) in [6, 6.07) is 1.35. The molecule has 0 aliphatic carbocycles. The van der Waals surface area contributed by atoms with Crippen LogP contribution in [0.1, 0.15) is 12.2 Å². The van der Waals surface area contributed by atoms with Gasteiger partial charge in [0.05, 0.1) is 6.61 Å². The molecule has 2 rings (SSSR count). The van der Waals surface area contributed by atoms with Crippen molar-refractivity contribution >= 4 is 17.4 Å². The second kappa shape index (κ2) is 6.76. The van der Waals surface area contributed by atoms with Gasteiger partial charge in [-0.25, -0.2) is 9.97 Å². The Balaban J connectivity index is 2.16. The SMILES string of the molecule is OCCN1CCCN(c2cc(Cl)nc(C(F)(F)F)n2)CC1. The van der Waals surface area contributed by atoms with Gasteiger partial charge in [0, 0.05) is 32.2 Å². The van der Waals surface area contributed by atoms with E-state index in [1.807, 2.05) is 0 Å². The van der Waals surface area contributed by atoms with Gasteiger partial charge in [-0.15, -0.1) is 0 Å². The lowest BCUT2D eigenvalue weighted by Crippen LogP contribution is -2.33. The lowest BCUT2D eigenvalue weighted by molar-refractivity contribution is -0.144. The van der Waals surface area contributed by atoms with Crippen molar-refractivity contribution < 1.29 is 18.3 Å². The van der Waals surface area contributed by atoms with E-state index in [2.05, 4.69) is 14.9 Å². The molecule has 9 heteroatoms. The molecule has 0 aromatic carbocycles. The van der Waals surface area contributed by atoms with Crippen LogP contribution in [0.2, 0.25) is 5.15 Å². The Morgan fingerprint density at radius 2 is 1.95 bits per heavy atom. The van der Waals surface area contributed by atoms with Crippen molar-refractivity contribution in [3.63, 3.8) is 0 Å². The average Bonchev–Trinajstić information content (AvgIpc) is 2.63. The predicted molar refractivity (Wildman–Crippen MR) is 72.4 cm³/mol.